The lowest BCUT2D eigenvalue weighted by molar-refractivity contribution is 0.0521. The van der Waals surface area contributed by atoms with Gasteiger partial charge in [0.25, 0.3) is 0 Å². The van der Waals surface area contributed by atoms with E-state index >= 15 is 0 Å². The van der Waals surface area contributed by atoms with E-state index in [9.17, 15) is 4.79 Å². The first-order chi connectivity index (χ1) is 13.7. The zero-order valence-electron chi connectivity index (χ0n) is 15.7. The summed E-state index contributed by atoms with van der Waals surface area (Å²) in [4.78, 5) is 15.9. The fourth-order valence-corrected chi connectivity index (χ4v) is 3.62. The summed E-state index contributed by atoms with van der Waals surface area (Å²) in [7, 11) is 0. The highest BCUT2D eigenvalue weighted by Crippen LogP contribution is 2.38. The van der Waals surface area contributed by atoms with Crippen LogP contribution >= 0.6 is 0 Å². The van der Waals surface area contributed by atoms with E-state index in [2.05, 4.69) is 17.1 Å². The molecule has 1 aromatic heterocycles. The van der Waals surface area contributed by atoms with Crippen molar-refractivity contribution in [2.75, 3.05) is 12.3 Å². The van der Waals surface area contributed by atoms with Crippen molar-refractivity contribution < 1.29 is 9.53 Å². The number of fused-ring (bicyclic) bond motifs is 1. The number of hydrogen-bond donors (Lipinski definition) is 2. The Bertz CT molecular complexity index is 1120. The molecular formula is C24H22N2O2. The van der Waals surface area contributed by atoms with E-state index in [0.29, 0.717) is 24.4 Å². The minimum absolute atomic E-state index is 0.321. The second kappa shape index (κ2) is 7.61. The minimum atomic E-state index is -0.359. The number of nitrogen functional groups attached to an aromatic ring is 1. The number of hydrogen-bond acceptors (Lipinski definition) is 3. The molecule has 4 aromatic rings. The van der Waals surface area contributed by atoms with Crippen molar-refractivity contribution in [2.45, 2.75) is 13.3 Å². The van der Waals surface area contributed by atoms with Crippen LogP contribution in [0.4, 0.5) is 5.69 Å². The van der Waals surface area contributed by atoms with Crippen LogP contribution in [0.3, 0.4) is 0 Å². The quantitative estimate of drug-likeness (QED) is 0.375. The summed E-state index contributed by atoms with van der Waals surface area (Å²) in [6, 6.07) is 23.9. The molecule has 1 heterocycles. The minimum Gasteiger partial charge on any atom is -0.461 e. The van der Waals surface area contributed by atoms with Gasteiger partial charge < -0.3 is 15.5 Å². The molecule has 0 unspecified atom stereocenters. The van der Waals surface area contributed by atoms with Crippen molar-refractivity contribution in [1.82, 2.24) is 4.98 Å². The molecule has 0 amide bonds. The number of nitrogens with two attached hydrogens (primary N) is 1. The zero-order valence-corrected chi connectivity index (χ0v) is 15.7. The summed E-state index contributed by atoms with van der Waals surface area (Å²) in [5.41, 5.74) is 12.4. The van der Waals surface area contributed by atoms with Gasteiger partial charge in [-0.2, -0.15) is 0 Å². The van der Waals surface area contributed by atoms with Gasteiger partial charge in [-0.1, -0.05) is 60.7 Å². The molecule has 0 aliphatic heterocycles. The van der Waals surface area contributed by atoms with Gasteiger partial charge in [-0.3, -0.25) is 0 Å². The molecule has 0 bridgehead atoms. The van der Waals surface area contributed by atoms with Gasteiger partial charge in [0.2, 0.25) is 0 Å². The maximum absolute atomic E-state index is 12.7. The van der Waals surface area contributed by atoms with Gasteiger partial charge in [0.15, 0.2) is 0 Å². The summed E-state index contributed by atoms with van der Waals surface area (Å²) in [5, 5.41) is 0.970. The molecule has 4 nitrogen and oxygen atoms in total. The van der Waals surface area contributed by atoms with Crippen LogP contribution in [0.15, 0.2) is 72.8 Å². The summed E-state index contributed by atoms with van der Waals surface area (Å²) in [6.45, 7) is 2.13. The largest absolute Gasteiger partial charge is 0.461 e. The van der Waals surface area contributed by atoms with Gasteiger partial charge in [0.05, 0.1) is 6.61 Å². The number of aromatic nitrogens is 1. The molecule has 0 fully saturated rings. The van der Waals surface area contributed by atoms with Gasteiger partial charge in [0, 0.05) is 28.6 Å². The zero-order chi connectivity index (χ0) is 19.5. The van der Waals surface area contributed by atoms with Gasteiger partial charge in [-0.15, -0.1) is 0 Å². The lowest BCUT2D eigenvalue weighted by atomic mass is 9.94. The highest BCUT2D eigenvalue weighted by molar-refractivity contribution is 6.10. The molecule has 0 saturated carbocycles. The Morgan fingerprint density at radius 2 is 1.64 bits per heavy atom. The number of carbonyl (C=O) groups is 1. The van der Waals surface area contributed by atoms with E-state index in [1.165, 1.54) is 5.56 Å². The fourth-order valence-electron chi connectivity index (χ4n) is 3.62. The van der Waals surface area contributed by atoms with E-state index < -0.39 is 0 Å². The summed E-state index contributed by atoms with van der Waals surface area (Å²) in [5.74, 6) is -0.359. The van der Waals surface area contributed by atoms with Crippen LogP contribution in [0, 0.1) is 0 Å². The first kappa shape index (κ1) is 17.9. The first-order valence-corrected chi connectivity index (χ1v) is 9.38. The maximum atomic E-state index is 12.7. The van der Waals surface area contributed by atoms with Crippen molar-refractivity contribution in [3.05, 3.63) is 89.6 Å². The number of aromatic amines is 1. The number of nitrogens with one attached hydrogen (secondary N) is 1. The Morgan fingerprint density at radius 3 is 2.32 bits per heavy atom. The highest BCUT2D eigenvalue weighted by atomic mass is 16.5. The monoisotopic (exact) mass is 370 g/mol. The van der Waals surface area contributed by atoms with Crippen LogP contribution in [-0.2, 0) is 11.2 Å². The lowest BCUT2D eigenvalue weighted by Crippen LogP contribution is -2.06. The number of ether oxygens (including phenoxy) is 1. The third kappa shape index (κ3) is 3.25. The molecule has 0 spiro atoms. The number of carbonyl (C=O) groups excluding carboxylic acids is 1. The highest BCUT2D eigenvalue weighted by Gasteiger charge is 2.23. The predicted molar refractivity (Wildman–Crippen MR) is 113 cm³/mol. The van der Waals surface area contributed by atoms with Crippen molar-refractivity contribution in [3.63, 3.8) is 0 Å². The van der Waals surface area contributed by atoms with Crippen molar-refractivity contribution in [3.8, 4) is 11.1 Å². The summed E-state index contributed by atoms with van der Waals surface area (Å²) < 4.78 is 5.31. The van der Waals surface area contributed by atoms with Crippen molar-refractivity contribution >= 4 is 22.6 Å². The molecule has 140 valence electrons. The lowest BCUT2D eigenvalue weighted by Gasteiger charge is -2.11. The second-order valence-corrected chi connectivity index (χ2v) is 6.68. The van der Waals surface area contributed by atoms with E-state index in [0.717, 1.165) is 27.6 Å². The topological polar surface area (TPSA) is 68.1 Å². The Balaban J connectivity index is 1.99. The Kier molecular flexibility index (Phi) is 4.85. The third-order valence-electron chi connectivity index (χ3n) is 4.87. The predicted octanol–water partition coefficient (Wildman–Crippen LogP) is 5.18. The van der Waals surface area contributed by atoms with Crippen LogP contribution < -0.4 is 5.73 Å². The van der Waals surface area contributed by atoms with Gasteiger partial charge in [0.1, 0.15) is 5.69 Å². The van der Waals surface area contributed by atoms with Gasteiger partial charge in [-0.05, 0) is 35.7 Å². The first-order valence-electron chi connectivity index (χ1n) is 9.38. The molecule has 4 heteroatoms. The average Bonchev–Trinajstić information content (AvgIpc) is 3.12. The molecule has 0 saturated heterocycles. The normalized spacial score (nSPS) is 10.9. The SMILES string of the molecule is CCOC(=O)c1[nH]c2ccc(N)c(Cc3ccccc3)c2c1-c1ccccc1. The number of benzene rings is 3. The third-order valence-corrected chi connectivity index (χ3v) is 4.87. The smallest absolute Gasteiger partial charge is 0.355 e. The number of esters is 1. The van der Waals surface area contributed by atoms with Crippen LogP contribution in [0.2, 0.25) is 0 Å². The second-order valence-electron chi connectivity index (χ2n) is 6.68. The molecule has 28 heavy (non-hydrogen) atoms. The molecule has 0 radical (unpaired) electrons. The molecular weight excluding hydrogens is 348 g/mol. The Morgan fingerprint density at radius 1 is 0.964 bits per heavy atom. The average molecular weight is 370 g/mol. The van der Waals surface area contributed by atoms with E-state index in [1.54, 1.807) is 0 Å². The van der Waals surface area contributed by atoms with Crippen LogP contribution in [0.1, 0.15) is 28.5 Å². The van der Waals surface area contributed by atoms with Crippen molar-refractivity contribution in [1.29, 1.82) is 0 Å². The molecule has 3 N–H and O–H groups in total. The number of anilines is 1. The fraction of sp³-hybridized carbons (Fsp3) is 0.125. The summed E-state index contributed by atoms with van der Waals surface area (Å²) in [6.07, 6.45) is 0.684. The standard InChI is InChI=1S/C24H22N2O2/c1-2-28-24(27)23-21(17-11-7-4-8-12-17)22-18(15-16-9-5-3-6-10-16)19(25)13-14-20(22)26-23/h3-14,26H,2,15,25H2,1H3. The van der Waals surface area contributed by atoms with E-state index in [-0.39, 0.29) is 5.97 Å². The Hall–Kier alpha value is -3.53. The number of H-pyrrole nitrogens is 1. The Labute approximate surface area is 164 Å². The van der Waals surface area contributed by atoms with Crippen LogP contribution in [0.5, 0.6) is 0 Å². The molecule has 3 aromatic carbocycles. The van der Waals surface area contributed by atoms with E-state index in [4.69, 9.17) is 10.5 Å². The van der Waals surface area contributed by atoms with Gasteiger partial charge in [-0.25, -0.2) is 4.79 Å². The molecule has 4 rings (SSSR count). The van der Waals surface area contributed by atoms with Gasteiger partial charge >= 0.3 is 5.97 Å². The summed E-state index contributed by atoms with van der Waals surface area (Å²) >= 11 is 0. The number of rotatable bonds is 5. The van der Waals surface area contributed by atoms with Crippen LogP contribution in [-0.4, -0.2) is 17.6 Å². The van der Waals surface area contributed by atoms with Crippen LogP contribution in [0.25, 0.3) is 22.0 Å². The molecule has 0 aliphatic carbocycles. The van der Waals surface area contributed by atoms with E-state index in [1.807, 2.05) is 67.6 Å². The molecule has 0 aliphatic rings. The molecule has 0 atom stereocenters. The van der Waals surface area contributed by atoms with Crippen molar-refractivity contribution in [2.24, 2.45) is 0 Å². The maximum Gasteiger partial charge on any atom is 0.355 e.